The van der Waals surface area contributed by atoms with Crippen LogP contribution in [-0.4, -0.2) is 30.6 Å². The first kappa shape index (κ1) is 13.4. The van der Waals surface area contributed by atoms with Crippen molar-refractivity contribution in [2.24, 2.45) is 5.92 Å². The molecule has 18 heavy (non-hydrogen) atoms. The number of thiophene rings is 1. The fraction of sp³-hybridized carbons (Fsp3) is 0.643. The van der Waals surface area contributed by atoms with Crippen molar-refractivity contribution in [2.45, 2.75) is 38.6 Å². The third-order valence-electron chi connectivity index (χ3n) is 3.60. The highest BCUT2D eigenvalue weighted by molar-refractivity contribution is 7.07. The summed E-state index contributed by atoms with van der Waals surface area (Å²) in [6.07, 6.45) is 4.80. The maximum Gasteiger partial charge on any atom is 0.317 e. The van der Waals surface area contributed by atoms with E-state index in [9.17, 15) is 4.79 Å². The van der Waals surface area contributed by atoms with Crippen LogP contribution in [-0.2, 0) is 6.42 Å². The minimum Gasteiger partial charge on any atom is -0.335 e. The van der Waals surface area contributed by atoms with Crippen LogP contribution in [0.25, 0.3) is 0 Å². The van der Waals surface area contributed by atoms with Gasteiger partial charge in [0.25, 0.3) is 0 Å². The Morgan fingerprint density at radius 3 is 2.94 bits per heavy atom. The number of nitrogens with one attached hydrogen (secondary N) is 1. The Hall–Kier alpha value is -1.03. The molecule has 1 aromatic rings. The van der Waals surface area contributed by atoms with Crippen LogP contribution in [0.15, 0.2) is 16.8 Å². The van der Waals surface area contributed by atoms with Crippen molar-refractivity contribution in [1.29, 1.82) is 0 Å². The molecular formula is C14H22N2OS. The van der Waals surface area contributed by atoms with Crippen LogP contribution in [0.5, 0.6) is 0 Å². The van der Waals surface area contributed by atoms with E-state index in [1.165, 1.54) is 24.8 Å². The van der Waals surface area contributed by atoms with Crippen LogP contribution in [0.3, 0.4) is 0 Å². The summed E-state index contributed by atoms with van der Waals surface area (Å²) in [6, 6.07) is 2.37. The zero-order chi connectivity index (χ0) is 13.0. The molecule has 0 saturated heterocycles. The van der Waals surface area contributed by atoms with Crippen molar-refractivity contribution < 1.29 is 4.79 Å². The second kappa shape index (κ2) is 6.23. The first-order valence-electron chi connectivity index (χ1n) is 6.68. The standard InChI is InChI=1S/C14H22N2OS/c1-11(8-13-6-7-18-10-13)15-14(17)16(2)9-12-4-3-5-12/h6-7,10-12H,3-5,8-9H2,1-2H3,(H,15,17)/t11-/m1/s1. The van der Waals surface area contributed by atoms with Gasteiger partial charge in [0, 0.05) is 19.6 Å². The van der Waals surface area contributed by atoms with Crippen molar-refractivity contribution in [1.82, 2.24) is 10.2 Å². The van der Waals surface area contributed by atoms with Gasteiger partial charge in [0.15, 0.2) is 0 Å². The zero-order valence-electron chi connectivity index (χ0n) is 11.2. The number of hydrogen-bond acceptors (Lipinski definition) is 2. The Morgan fingerprint density at radius 2 is 2.39 bits per heavy atom. The molecule has 4 heteroatoms. The number of urea groups is 1. The maximum atomic E-state index is 12.0. The van der Waals surface area contributed by atoms with Crippen LogP contribution in [0.1, 0.15) is 31.7 Å². The van der Waals surface area contributed by atoms with Gasteiger partial charge in [-0.1, -0.05) is 6.42 Å². The lowest BCUT2D eigenvalue weighted by Crippen LogP contribution is -2.45. The molecule has 0 radical (unpaired) electrons. The van der Waals surface area contributed by atoms with E-state index < -0.39 is 0 Å². The molecule has 1 N–H and O–H groups in total. The van der Waals surface area contributed by atoms with Gasteiger partial charge in [-0.2, -0.15) is 11.3 Å². The number of nitrogens with zero attached hydrogens (tertiary/aromatic N) is 1. The van der Waals surface area contributed by atoms with E-state index in [2.05, 4.69) is 29.1 Å². The average Bonchev–Trinajstić information content (AvgIpc) is 2.75. The van der Waals surface area contributed by atoms with Crippen molar-refractivity contribution in [3.05, 3.63) is 22.4 Å². The van der Waals surface area contributed by atoms with E-state index in [-0.39, 0.29) is 12.1 Å². The number of amides is 2. The van der Waals surface area contributed by atoms with Gasteiger partial charge >= 0.3 is 6.03 Å². The summed E-state index contributed by atoms with van der Waals surface area (Å²) in [5, 5.41) is 7.28. The summed E-state index contributed by atoms with van der Waals surface area (Å²) >= 11 is 1.70. The zero-order valence-corrected chi connectivity index (χ0v) is 12.0. The molecule has 1 aliphatic carbocycles. The Balaban J connectivity index is 1.71. The highest BCUT2D eigenvalue weighted by Crippen LogP contribution is 2.26. The van der Waals surface area contributed by atoms with Gasteiger partial charge in [0.1, 0.15) is 0 Å². The van der Waals surface area contributed by atoms with Gasteiger partial charge in [-0.15, -0.1) is 0 Å². The van der Waals surface area contributed by atoms with E-state index in [4.69, 9.17) is 0 Å². The molecule has 0 aromatic carbocycles. The Labute approximate surface area is 113 Å². The molecule has 0 spiro atoms. The number of hydrogen-bond donors (Lipinski definition) is 1. The first-order chi connectivity index (χ1) is 8.65. The molecular weight excluding hydrogens is 244 g/mol. The molecule has 1 fully saturated rings. The quantitative estimate of drug-likeness (QED) is 0.872. The molecule has 1 saturated carbocycles. The van der Waals surface area contributed by atoms with Gasteiger partial charge in [-0.25, -0.2) is 4.79 Å². The third-order valence-corrected chi connectivity index (χ3v) is 4.33. The fourth-order valence-electron chi connectivity index (χ4n) is 2.28. The SMILES string of the molecule is C[C@H](Cc1ccsc1)NC(=O)N(C)CC1CCC1. The predicted octanol–water partition coefficient (Wildman–Crippen LogP) is 3.12. The highest BCUT2D eigenvalue weighted by atomic mass is 32.1. The molecule has 0 unspecified atom stereocenters. The van der Waals surface area contributed by atoms with E-state index >= 15 is 0 Å². The smallest absolute Gasteiger partial charge is 0.317 e. The molecule has 100 valence electrons. The Kier molecular flexibility index (Phi) is 4.64. The average molecular weight is 266 g/mol. The molecule has 1 atom stereocenters. The Morgan fingerprint density at radius 1 is 1.61 bits per heavy atom. The molecule has 0 bridgehead atoms. The van der Waals surface area contributed by atoms with Crippen LogP contribution in [0.4, 0.5) is 4.79 Å². The third kappa shape index (κ3) is 3.73. The lowest BCUT2D eigenvalue weighted by atomic mass is 9.85. The lowest BCUT2D eigenvalue weighted by Gasteiger charge is -2.30. The largest absolute Gasteiger partial charge is 0.335 e. The molecule has 2 rings (SSSR count). The number of carbonyl (C=O) groups is 1. The molecule has 1 aliphatic rings. The summed E-state index contributed by atoms with van der Waals surface area (Å²) in [5.41, 5.74) is 1.30. The van der Waals surface area contributed by atoms with Gasteiger partial charge in [0.05, 0.1) is 0 Å². The van der Waals surface area contributed by atoms with E-state index in [0.29, 0.717) is 0 Å². The lowest BCUT2D eigenvalue weighted by molar-refractivity contribution is 0.180. The molecule has 3 nitrogen and oxygen atoms in total. The molecule has 0 aliphatic heterocycles. The van der Waals surface area contributed by atoms with Gasteiger partial charge in [-0.05, 0) is 54.5 Å². The molecule has 1 aromatic heterocycles. The van der Waals surface area contributed by atoms with Crippen LogP contribution in [0.2, 0.25) is 0 Å². The van der Waals surface area contributed by atoms with Gasteiger partial charge in [-0.3, -0.25) is 0 Å². The monoisotopic (exact) mass is 266 g/mol. The van der Waals surface area contributed by atoms with E-state index in [1.807, 2.05) is 11.9 Å². The number of carbonyl (C=O) groups excluding carboxylic acids is 1. The molecule has 1 heterocycles. The summed E-state index contributed by atoms with van der Waals surface area (Å²) < 4.78 is 0. The predicted molar refractivity (Wildman–Crippen MR) is 76.0 cm³/mol. The van der Waals surface area contributed by atoms with Crippen LogP contribution >= 0.6 is 11.3 Å². The van der Waals surface area contributed by atoms with Gasteiger partial charge < -0.3 is 10.2 Å². The number of rotatable bonds is 5. The summed E-state index contributed by atoms with van der Waals surface area (Å²) in [4.78, 5) is 13.8. The highest BCUT2D eigenvalue weighted by Gasteiger charge is 2.21. The first-order valence-corrected chi connectivity index (χ1v) is 7.62. The second-order valence-electron chi connectivity index (χ2n) is 5.36. The van der Waals surface area contributed by atoms with Gasteiger partial charge in [0.2, 0.25) is 0 Å². The summed E-state index contributed by atoms with van der Waals surface area (Å²) in [7, 11) is 1.89. The minimum atomic E-state index is 0.0598. The fourth-order valence-corrected chi connectivity index (χ4v) is 2.96. The van der Waals surface area contributed by atoms with Crippen molar-refractivity contribution >= 4 is 17.4 Å². The van der Waals surface area contributed by atoms with Crippen molar-refractivity contribution in [2.75, 3.05) is 13.6 Å². The topological polar surface area (TPSA) is 32.3 Å². The van der Waals surface area contributed by atoms with Crippen molar-refractivity contribution in [3.8, 4) is 0 Å². The summed E-state index contributed by atoms with van der Waals surface area (Å²) in [6.45, 7) is 2.96. The van der Waals surface area contributed by atoms with Crippen LogP contribution < -0.4 is 5.32 Å². The Bertz CT molecular complexity index is 373. The summed E-state index contributed by atoms with van der Waals surface area (Å²) in [5.74, 6) is 0.730. The maximum absolute atomic E-state index is 12.0. The second-order valence-corrected chi connectivity index (χ2v) is 6.14. The normalized spacial score (nSPS) is 17.0. The van der Waals surface area contributed by atoms with Crippen LogP contribution in [0, 0.1) is 5.92 Å². The van der Waals surface area contributed by atoms with E-state index in [0.717, 1.165) is 18.9 Å². The van der Waals surface area contributed by atoms with Crippen molar-refractivity contribution in [3.63, 3.8) is 0 Å². The molecule has 2 amide bonds. The minimum absolute atomic E-state index is 0.0598. The van der Waals surface area contributed by atoms with E-state index in [1.54, 1.807) is 11.3 Å².